The molecule has 0 aromatic heterocycles. The molecule has 1 saturated carbocycles. The Morgan fingerprint density at radius 2 is 1.85 bits per heavy atom. The summed E-state index contributed by atoms with van der Waals surface area (Å²) in [7, 11) is 2.92. The lowest BCUT2D eigenvalue weighted by molar-refractivity contribution is -0.384. The summed E-state index contributed by atoms with van der Waals surface area (Å²) < 4.78 is 24.7. The molecule has 3 aliphatic rings. The van der Waals surface area contributed by atoms with E-state index in [-0.39, 0.29) is 56.3 Å². The van der Waals surface area contributed by atoms with Gasteiger partial charge in [-0.1, -0.05) is 30.1 Å². The van der Waals surface area contributed by atoms with E-state index in [1.54, 1.807) is 44.3 Å². The Balaban J connectivity index is 1.71. The monoisotopic (exact) mass is 764 g/mol. The number of nitrogens with zero attached hydrogens (tertiary/aromatic N) is 3. The largest absolute Gasteiger partial charge is 0.459 e. The molecule has 0 saturated heterocycles. The van der Waals surface area contributed by atoms with E-state index >= 15 is 0 Å². The topological polar surface area (TPSA) is 192 Å². The molecule has 5 rings (SSSR count). The maximum absolute atomic E-state index is 13.4. The second kappa shape index (κ2) is 19.0. The number of nitro groups is 1. The molecule has 2 amide bonds. The van der Waals surface area contributed by atoms with E-state index in [2.05, 4.69) is 18.0 Å². The summed E-state index contributed by atoms with van der Waals surface area (Å²) in [6.45, 7) is 6.32. The predicted molar refractivity (Wildman–Crippen MR) is 203 cm³/mol. The van der Waals surface area contributed by atoms with Gasteiger partial charge in [0.15, 0.2) is 0 Å². The number of aliphatic hydroxyl groups is 2. The maximum Gasteiger partial charge on any atom is 0.412 e. The first-order valence-corrected chi connectivity index (χ1v) is 18.8. The zero-order valence-electron chi connectivity index (χ0n) is 31.7. The Labute approximate surface area is 321 Å². The van der Waals surface area contributed by atoms with Crippen LogP contribution in [0.2, 0.25) is 0 Å². The van der Waals surface area contributed by atoms with Crippen LogP contribution < -0.4 is 14.8 Å². The number of non-ortho nitro benzene ring substituents is 1. The number of benzene rings is 2. The minimum Gasteiger partial charge on any atom is -0.459 e. The number of nitrogens with one attached hydrogen (secondary N) is 1. The Morgan fingerprint density at radius 3 is 2.51 bits per heavy atom. The first kappa shape index (κ1) is 41.2. The zero-order valence-corrected chi connectivity index (χ0v) is 31.7. The molecule has 15 heteroatoms. The first-order valence-electron chi connectivity index (χ1n) is 18.8. The van der Waals surface area contributed by atoms with Crippen molar-refractivity contribution in [2.45, 2.75) is 76.2 Å². The predicted octanol–water partition coefficient (Wildman–Crippen LogP) is 6.24. The number of unbranched alkanes of at least 4 members (excludes halogenated alkanes) is 2. The highest BCUT2D eigenvalue weighted by atomic mass is 16.7. The normalized spacial score (nSPS) is 24.3. The molecule has 0 bridgehead atoms. The van der Waals surface area contributed by atoms with Gasteiger partial charge in [0.1, 0.15) is 24.1 Å². The smallest absolute Gasteiger partial charge is 0.412 e. The molecule has 55 heavy (non-hydrogen) atoms. The van der Waals surface area contributed by atoms with Crippen molar-refractivity contribution in [2.75, 3.05) is 40.5 Å². The number of ether oxygens (including phenoxy) is 4. The summed E-state index contributed by atoms with van der Waals surface area (Å²) in [5, 5.41) is 38.1. The summed E-state index contributed by atoms with van der Waals surface area (Å²) >= 11 is 0. The van der Waals surface area contributed by atoms with Gasteiger partial charge < -0.3 is 44.2 Å². The van der Waals surface area contributed by atoms with Crippen LogP contribution in [0, 0.1) is 27.9 Å². The van der Waals surface area contributed by atoms with Crippen LogP contribution in [-0.4, -0.2) is 90.3 Å². The quantitative estimate of drug-likeness (QED) is 0.0674. The van der Waals surface area contributed by atoms with E-state index < -0.39 is 34.9 Å². The molecule has 0 radical (unpaired) electrons. The average Bonchev–Trinajstić information content (AvgIpc) is 3.18. The van der Waals surface area contributed by atoms with E-state index in [9.17, 15) is 29.9 Å². The molecule has 1 fully saturated rings. The number of carbonyl (C=O) groups excluding carboxylic acids is 2. The minimum atomic E-state index is -1.47. The summed E-state index contributed by atoms with van der Waals surface area (Å²) in [5.41, 5.74) is 2.82. The number of hydrogen-bond acceptors (Lipinski definition) is 12. The van der Waals surface area contributed by atoms with E-state index in [0.717, 1.165) is 36.8 Å². The van der Waals surface area contributed by atoms with Gasteiger partial charge in [0.05, 0.1) is 30.3 Å². The fraction of sp³-hybridized carbons (Fsp3) is 0.525. The molecular formula is C40H52N4O11. The number of fused-ring (bicyclic) bond motifs is 2. The SMILES string of the molecule is C=CCO[C@@]12Oc3ccc(OC(=O)NCC)cc3[C@H]3[C@H](CCCCO)[C@@H](CCCCO)C=C(C(=NOCc4ccc([N+](=O)[O-])cc4)C[C@@H]1N(C)C(=O)OC)[C@H]32. The van der Waals surface area contributed by atoms with E-state index in [1.807, 2.05) is 6.07 Å². The fourth-order valence-electron chi connectivity index (χ4n) is 8.25. The number of rotatable bonds is 18. The van der Waals surface area contributed by atoms with Crippen LogP contribution in [0.5, 0.6) is 11.5 Å². The lowest BCUT2D eigenvalue weighted by Crippen LogP contribution is -2.69. The molecule has 2 aliphatic carbocycles. The van der Waals surface area contributed by atoms with Crippen LogP contribution in [0.1, 0.15) is 68.9 Å². The van der Waals surface area contributed by atoms with Crippen LogP contribution in [0.25, 0.3) is 0 Å². The Hall–Kier alpha value is -4.99. The highest BCUT2D eigenvalue weighted by molar-refractivity contribution is 6.03. The summed E-state index contributed by atoms with van der Waals surface area (Å²) in [6.07, 6.45) is 7.00. The first-order chi connectivity index (χ1) is 26.6. The number of aliphatic hydroxyl groups excluding tert-OH is 2. The van der Waals surface area contributed by atoms with Crippen LogP contribution >= 0.6 is 0 Å². The van der Waals surface area contributed by atoms with Gasteiger partial charge in [-0.25, -0.2) is 9.59 Å². The van der Waals surface area contributed by atoms with Crippen molar-refractivity contribution in [3.8, 4) is 11.5 Å². The van der Waals surface area contributed by atoms with Gasteiger partial charge in [0.2, 0.25) is 5.79 Å². The number of amides is 2. The molecule has 2 aromatic carbocycles. The fourth-order valence-corrected chi connectivity index (χ4v) is 8.25. The van der Waals surface area contributed by atoms with E-state index in [1.165, 1.54) is 24.1 Å². The Morgan fingerprint density at radius 1 is 1.13 bits per heavy atom. The number of allylic oxidation sites excluding steroid dienone is 1. The number of methoxy groups -OCH3 is 1. The van der Waals surface area contributed by atoms with Gasteiger partial charge >= 0.3 is 12.2 Å². The van der Waals surface area contributed by atoms with Crippen molar-refractivity contribution in [1.29, 1.82) is 0 Å². The van der Waals surface area contributed by atoms with Crippen molar-refractivity contribution < 1.29 is 48.5 Å². The molecule has 1 aliphatic heterocycles. The van der Waals surface area contributed by atoms with Gasteiger partial charge in [-0.15, -0.1) is 6.58 Å². The van der Waals surface area contributed by atoms with Gasteiger partial charge in [0, 0.05) is 56.8 Å². The molecule has 6 atom stereocenters. The molecule has 2 aromatic rings. The van der Waals surface area contributed by atoms with Crippen molar-refractivity contribution in [1.82, 2.24) is 10.2 Å². The van der Waals surface area contributed by atoms with Crippen molar-refractivity contribution in [3.63, 3.8) is 0 Å². The van der Waals surface area contributed by atoms with Crippen LogP contribution in [0.4, 0.5) is 15.3 Å². The highest BCUT2D eigenvalue weighted by Gasteiger charge is 2.65. The van der Waals surface area contributed by atoms with Crippen LogP contribution in [-0.2, 0) is 20.9 Å². The molecule has 0 unspecified atom stereocenters. The average molecular weight is 765 g/mol. The molecule has 1 heterocycles. The molecule has 298 valence electrons. The van der Waals surface area contributed by atoms with Gasteiger partial charge in [-0.05, 0) is 85.9 Å². The molecule has 15 nitrogen and oxygen atoms in total. The molecular weight excluding hydrogens is 712 g/mol. The van der Waals surface area contributed by atoms with Crippen molar-refractivity contribution in [2.24, 2.45) is 22.9 Å². The standard InChI is InChI=1S/C40H52N4O11/c1-5-21-52-40-35(43(3)39(48)51-4)24-33(42-53-25-26-13-15-28(16-14-26)44(49)50)31-22-27(11-7-9-19-45)30(12-8-10-20-46)36(37(31)40)32-23-29(17-18-34(32)55-40)54-38(47)41-6-2/h5,13-18,22-23,27,30,35-37,45-46H,1,6-12,19-21,24-25H2,2-4H3,(H,41,47)/t27-,30+,35-,36+,37+,40+/m0/s1. The van der Waals surface area contributed by atoms with Crippen LogP contribution in [0.3, 0.4) is 0 Å². The lowest BCUT2D eigenvalue weighted by Gasteiger charge is -2.59. The minimum absolute atomic E-state index is 0.00716. The Kier molecular flexibility index (Phi) is 14.3. The summed E-state index contributed by atoms with van der Waals surface area (Å²) in [4.78, 5) is 44.1. The number of likely N-dealkylation sites (N-methyl/N-ethyl adjacent to an activating group) is 1. The maximum atomic E-state index is 13.4. The van der Waals surface area contributed by atoms with E-state index in [4.69, 9.17) is 28.9 Å². The van der Waals surface area contributed by atoms with E-state index in [0.29, 0.717) is 42.2 Å². The number of nitro benzene ring substituents is 1. The van der Waals surface area contributed by atoms with Gasteiger partial charge in [-0.3, -0.25) is 10.1 Å². The summed E-state index contributed by atoms with van der Waals surface area (Å²) in [5.74, 6) is -1.56. The molecule has 3 N–H and O–H groups in total. The zero-order chi connectivity index (χ0) is 39.5. The Bertz CT molecular complexity index is 1730. The van der Waals surface area contributed by atoms with Gasteiger partial charge in [-0.2, -0.15) is 0 Å². The van der Waals surface area contributed by atoms with Gasteiger partial charge in [0.25, 0.3) is 5.69 Å². The second-order valence-corrected chi connectivity index (χ2v) is 14.0. The third-order valence-electron chi connectivity index (χ3n) is 10.7. The molecule has 0 spiro atoms. The number of carbonyl (C=O) groups is 2. The van der Waals surface area contributed by atoms with Crippen molar-refractivity contribution >= 4 is 23.6 Å². The third-order valence-corrected chi connectivity index (χ3v) is 10.7. The second-order valence-electron chi connectivity index (χ2n) is 14.0. The highest BCUT2D eigenvalue weighted by Crippen LogP contribution is 2.61. The van der Waals surface area contributed by atoms with Crippen molar-refractivity contribution in [3.05, 3.63) is 88.0 Å². The third kappa shape index (κ3) is 9.11. The number of oxime groups is 1. The number of hydrogen-bond donors (Lipinski definition) is 3. The lowest BCUT2D eigenvalue weighted by atomic mass is 9.55. The van der Waals surface area contributed by atoms with Crippen LogP contribution in [0.15, 0.2) is 71.9 Å². The summed E-state index contributed by atoms with van der Waals surface area (Å²) in [6, 6.07) is 10.5.